The Morgan fingerprint density at radius 1 is 0.647 bits per heavy atom. The van der Waals surface area contributed by atoms with E-state index < -0.39 is 18.3 Å². The SMILES string of the molecule is CCN(CC)C(=O)[O-].CCN(CC)C(=O)[O-].CCN(CC)C(=O)[O-].[Ti+4].c1ccc2[cH-]ccc2c1. The number of carbonyl (C=O) groups is 3. The average Bonchev–Trinajstić information content (AvgIpc) is 3.26. The zero-order valence-electron chi connectivity index (χ0n) is 21.1. The van der Waals surface area contributed by atoms with Gasteiger partial charge in [0.05, 0.1) is 0 Å². The van der Waals surface area contributed by atoms with Crippen molar-refractivity contribution in [3.8, 4) is 0 Å². The fourth-order valence-electron chi connectivity index (χ4n) is 2.52. The Morgan fingerprint density at radius 3 is 1.21 bits per heavy atom. The molecule has 9 nitrogen and oxygen atoms in total. The standard InChI is InChI=1S/C9H7.3C5H11NO2.Ti/c1-2-5-9-7-3-6-8(9)4-1;3*1-3-6(4-2)5(7)8;/h1-7H;3*3-4H2,1-2H3,(H,7,8);/q-1;;;;+4/p-3. The van der Waals surface area contributed by atoms with Gasteiger partial charge in [-0.3, -0.25) is 0 Å². The van der Waals surface area contributed by atoms with Gasteiger partial charge in [-0.25, -0.2) is 0 Å². The molecule has 0 aliphatic rings. The summed E-state index contributed by atoms with van der Waals surface area (Å²) in [5.74, 6) is 0. The van der Waals surface area contributed by atoms with Crippen LogP contribution in [0.3, 0.4) is 0 Å². The number of carboxylic acid groups (broad SMARTS) is 3. The molecule has 0 spiro atoms. The number of carbonyl (C=O) groups excluding carboxylic acids is 3. The Hall–Kier alpha value is -2.65. The van der Waals surface area contributed by atoms with Gasteiger partial charge in [0.25, 0.3) is 0 Å². The van der Waals surface area contributed by atoms with Crippen molar-refractivity contribution in [2.45, 2.75) is 41.5 Å². The molecule has 0 aromatic heterocycles. The summed E-state index contributed by atoms with van der Waals surface area (Å²) in [6.07, 6.45) is -3.26. The molecule has 2 rings (SSSR count). The molecule has 0 unspecified atom stereocenters. The minimum Gasteiger partial charge on any atom is -0.530 e. The Morgan fingerprint density at radius 2 is 0.971 bits per heavy atom. The van der Waals surface area contributed by atoms with Crippen LogP contribution in [0.4, 0.5) is 14.4 Å². The first-order valence-corrected chi connectivity index (χ1v) is 11.1. The van der Waals surface area contributed by atoms with Gasteiger partial charge in [0.15, 0.2) is 0 Å². The number of nitrogens with zero attached hydrogens (tertiary/aromatic N) is 3. The number of rotatable bonds is 6. The molecule has 3 amide bonds. The monoisotopic (exact) mass is 511 g/mol. The Balaban J connectivity index is -0.000000374. The number of hydrogen-bond donors (Lipinski definition) is 0. The van der Waals surface area contributed by atoms with Crippen LogP contribution in [-0.4, -0.2) is 72.2 Å². The van der Waals surface area contributed by atoms with Crippen molar-refractivity contribution in [2.75, 3.05) is 39.3 Å². The molecule has 34 heavy (non-hydrogen) atoms. The molecule has 0 bridgehead atoms. The molecular formula is C24H37N3O6Ti. The molecule has 0 aliphatic carbocycles. The van der Waals surface area contributed by atoms with E-state index in [-0.39, 0.29) is 21.7 Å². The Labute approximate surface area is 218 Å². The Bertz CT molecular complexity index is 705. The van der Waals surface area contributed by atoms with Crippen molar-refractivity contribution in [1.29, 1.82) is 0 Å². The molecule has 2 aromatic carbocycles. The van der Waals surface area contributed by atoms with Crippen molar-refractivity contribution in [3.05, 3.63) is 42.5 Å². The number of benzene rings is 1. The van der Waals surface area contributed by atoms with Gasteiger partial charge in [0, 0.05) is 39.3 Å². The smallest absolute Gasteiger partial charge is 0.530 e. The van der Waals surface area contributed by atoms with Gasteiger partial charge in [-0.15, -0.1) is 29.7 Å². The third kappa shape index (κ3) is 16.0. The van der Waals surface area contributed by atoms with Crippen LogP contribution in [0.2, 0.25) is 0 Å². The molecule has 0 saturated heterocycles. The first-order chi connectivity index (χ1) is 15.6. The summed E-state index contributed by atoms with van der Waals surface area (Å²) in [7, 11) is 0. The van der Waals surface area contributed by atoms with E-state index in [0.717, 1.165) is 0 Å². The molecule has 0 atom stereocenters. The zero-order chi connectivity index (χ0) is 25.8. The summed E-state index contributed by atoms with van der Waals surface area (Å²) in [6.45, 7) is 13.7. The van der Waals surface area contributed by atoms with Crippen LogP contribution in [0, 0.1) is 0 Å². The molecule has 10 heteroatoms. The van der Waals surface area contributed by atoms with Crippen molar-refractivity contribution >= 4 is 29.1 Å². The summed E-state index contributed by atoms with van der Waals surface area (Å²) >= 11 is 0. The first-order valence-electron chi connectivity index (χ1n) is 11.1. The van der Waals surface area contributed by atoms with Gasteiger partial charge in [0.2, 0.25) is 0 Å². The predicted octanol–water partition coefficient (Wildman–Crippen LogP) is 1.57. The summed E-state index contributed by atoms with van der Waals surface area (Å²) in [4.78, 5) is 33.6. The van der Waals surface area contributed by atoms with Crippen molar-refractivity contribution in [1.82, 2.24) is 14.7 Å². The van der Waals surface area contributed by atoms with Crippen LogP contribution in [0.25, 0.3) is 10.8 Å². The number of amides is 3. The maximum atomic E-state index is 9.98. The fourth-order valence-corrected chi connectivity index (χ4v) is 2.52. The van der Waals surface area contributed by atoms with Crippen LogP contribution in [-0.2, 0) is 21.7 Å². The second kappa shape index (κ2) is 22.2. The van der Waals surface area contributed by atoms with E-state index in [4.69, 9.17) is 0 Å². The molecule has 0 saturated carbocycles. The number of hydrogen-bond acceptors (Lipinski definition) is 6. The second-order valence-electron chi connectivity index (χ2n) is 6.47. The first kappa shape index (κ1) is 35.9. The molecule has 0 N–H and O–H groups in total. The van der Waals surface area contributed by atoms with E-state index >= 15 is 0 Å². The largest absolute Gasteiger partial charge is 4.00 e. The van der Waals surface area contributed by atoms with Gasteiger partial charge >= 0.3 is 21.7 Å². The van der Waals surface area contributed by atoms with E-state index in [1.807, 2.05) is 0 Å². The van der Waals surface area contributed by atoms with Gasteiger partial charge in [-0.1, -0.05) is 6.07 Å². The van der Waals surface area contributed by atoms with Crippen LogP contribution in [0.1, 0.15) is 41.5 Å². The number of fused-ring (bicyclic) bond motifs is 1. The van der Waals surface area contributed by atoms with Crippen LogP contribution in [0.5, 0.6) is 0 Å². The zero-order valence-corrected chi connectivity index (χ0v) is 22.6. The predicted molar refractivity (Wildman–Crippen MR) is 124 cm³/mol. The van der Waals surface area contributed by atoms with Gasteiger partial charge in [0.1, 0.15) is 18.3 Å². The molecule has 0 heterocycles. The van der Waals surface area contributed by atoms with Gasteiger partial charge < -0.3 is 44.4 Å². The normalized spacial score (nSPS) is 8.88. The average molecular weight is 511 g/mol. The van der Waals surface area contributed by atoms with E-state index in [0.29, 0.717) is 39.3 Å². The van der Waals surface area contributed by atoms with Gasteiger partial charge in [-0.2, -0.15) is 17.5 Å². The fraction of sp³-hybridized carbons (Fsp3) is 0.500. The summed E-state index contributed by atoms with van der Waals surface area (Å²) in [6, 6.07) is 14.7. The maximum Gasteiger partial charge on any atom is 4.00 e. The van der Waals surface area contributed by atoms with Crippen LogP contribution in [0.15, 0.2) is 42.5 Å². The van der Waals surface area contributed by atoms with Crippen molar-refractivity contribution in [2.24, 2.45) is 0 Å². The van der Waals surface area contributed by atoms with Crippen LogP contribution >= 0.6 is 0 Å². The van der Waals surface area contributed by atoms with E-state index in [9.17, 15) is 29.7 Å². The molecule has 0 fully saturated rings. The van der Waals surface area contributed by atoms with Crippen LogP contribution < -0.4 is 15.3 Å². The molecule has 0 aliphatic heterocycles. The van der Waals surface area contributed by atoms with E-state index in [1.165, 1.54) is 25.5 Å². The summed E-state index contributed by atoms with van der Waals surface area (Å²) in [5, 5.41) is 32.6. The molecule has 2 aromatic rings. The molecule has 188 valence electrons. The third-order valence-electron chi connectivity index (χ3n) is 4.61. The second-order valence-corrected chi connectivity index (χ2v) is 6.47. The topological polar surface area (TPSA) is 130 Å². The molecule has 0 radical (unpaired) electrons. The summed E-state index contributed by atoms with van der Waals surface area (Å²) in [5.41, 5.74) is 0. The Kier molecular flexibility index (Phi) is 23.4. The van der Waals surface area contributed by atoms with Crippen molar-refractivity contribution in [3.63, 3.8) is 0 Å². The minimum absolute atomic E-state index is 0. The minimum atomic E-state index is -1.09. The maximum absolute atomic E-state index is 9.98. The van der Waals surface area contributed by atoms with Gasteiger partial charge in [-0.05, 0) is 41.5 Å². The molecular weight excluding hydrogens is 474 g/mol. The quantitative estimate of drug-likeness (QED) is 0.428. The third-order valence-corrected chi connectivity index (χ3v) is 4.61. The van der Waals surface area contributed by atoms with E-state index in [2.05, 4.69) is 42.5 Å². The van der Waals surface area contributed by atoms with Crippen molar-refractivity contribution < 1.29 is 51.4 Å². The van der Waals surface area contributed by atoms with E-state index in [1.54, 1.807) is 41.5 Å². The summed E-state index contributed by atoms with van der Waals surface area (Å²) < 4.78 is 0.